The van der Waals surface area contributed by atoms with Crippen LogP contribution in [0.1, 0.15) is 98.8 Å². The van der Waals surface area contributed by atoms with Crippen LogP contribution in [0, 0.1) is 46.3 Å². The van der Waals surface area contributed by atoms with E-state index in [9.17, 15) is 9.90 Å². The molecule has 0 amide bonds. The Bertz CT molecular complexity index is 750. The summed E-state index contributed by atoms with van der Waals surface area (Å²) in [6.45, 7) is 15.7. The van der Waals surface area contributed by atoms with Gasteiger partial charge in [0, 0.05) is 6.42 Å². The summed E-state index contributed by atoms with van der Waals surface area (Å²) < 4.78 is 0. The summed E-state index contributed by atoms with van der Waals surface area (Å²) in [5.41, 5.74) is 1.48. The Morgan fingerprint density at radius 1 is 1.13 bits per heavy atom. The fourth-order valence-electron chi connectivity index (χ4n) is 8.82. The number of allylic oxidation sites excluding steroid dienone is 1. The molecule has 3 saturated carbocycles. The molecule has 4 aliphatic carbocycles. The van der Waals surface area contributed by atoms with Crippen LogP contribution >= 0.6 is 0 Å². The van der Waals surface area contributed by atoms with Crippen LogP contribution in [0.4, 0.5) is 0 Å². The first-order valence-electron chi connectivity index (χ1n) is 13.1. The molecule has 1 unspecified atom stereocenters. The summed E-state index contributed by atoms with van der Waals surface area (Å²) in [4.78, 5) is 12.1. The molecule has 31 heavy (non-hydrogen) atoms. The summed E-state index contributed by atoms with van der Waals surface area (Å²) in [6.07, 6.45) is 15.4. The third kappa shape index (κ3) is 3.69. The van der Waals surface area contributed by atoms with E-state index in [1.54, 1.807) is 6.08 Å². The SMILES string of the molecule is C=CC(O)(CC[C@@H](C)[C@H]1CC[C@H]2[C@@H]3CCC4=CC(=O)CC[C@]4(C)[C@H]3CC[C@]12C)C(C)C. The molecule has 0 spiro atoms. The number of hydrogen-bond acceptors (Lipinski definition) is 2. The van der Waals surface area contributed by atoms with E-state index in [0.29, 0.717) is 17.1 Å². The number of carbonyl (C=O) groups is 1. The lowest BCUT2D eigenvalue weighted by Gasteiger charge is -2.58. The van der Waals surface area contributed by atoms with Gasteiger partial charge in [0.2, 0.25) is 0 Å². The first kappa shape index (κ1) is 23.3. The molecule has 0 aromatic rings. The van der Waals surface area contributed by atoms with Crippen molar-refractivity contribution in [2.75, 3.05) is 0 Å². The predicted octanol–water partition coefficient (Wildman–Crippen LogP) is 7.12. The van der Waals surface area contributed by atoms with Gasteiger partial charge in [-0.1, -0.05) is 46.3 Å². The van der Waals surface area contributed by atoms with E-state index >= 15 is 0 Å². The van der Waals surface area contributed by atoms with Crippen molar-refractivity contribution in [1.29, 1.82) is 0 Å². The Kier molecular flexibility index (Phi) is 6.12. The van der Waals surface area contributed by atoms with E-state index < -0.39 is 5.60 Å². The molecule has 8 atom stereocenters. The van der Waals surface area contributed by atoms with Crippen molar-refractivity contribution in [3.05, 3.63) is 24.3 Å². The first-order valence-corrected chi connectivity index (χ1v) is 13.1. The summed E-state index contributed by atoms with van der Waals surface area (Å²) in [5.74, 6) is 4.47. The number of carbonyl (C=O) groups excluding carboxylic acids is 1. The van der Waals surface area contributed by atoms with E-state index in [0.717, 1.165) is 55.8 Å². The summed E-state index contributed by atoms with van der Waals surface area (Å²) in [5, 5.41) is 10.9. The van der Waals surface area contributed by atoms with Gasteiger partial charge in [0.1, 0.15) is 0 Å². The third-order valence-corrected chi connectivity index (χ3v) is 11.1. The van der Waals surface area contributed by atoms with Crippen LogP contribution in [0.2, 0.25) is 0 Å². The highest BCUT2D eigenvalue weighted by Crippen LogP contribution is 2.67. The Morgan fingerprint density at radius 3 is 2.55 bits per heavy atom. The standard InChI is InChI=1S/C29H46O2/c1-7-29(31,19(2)3)17-12-20(4)24-10-11-25-23-9-8-21-18-22(30)13-15-27(21,5)26(23)14-16-28(24,25)6/h7,18-20,23-26,31H,1,8-17H2,2-6H3/t20-,23+,24-,25+,26+,27+,28-,29?/m1/s1. The van der Waals surface area contributed by atoms with Crippen LogP contribution in [0.25, 0.3) is 0 Å². The topological polar surface area (TPSA) is 37.3 Å². The monoisotopic (exact) mass is 426 g/mol. The van der Waals surface area contributed by atoms with E-state index in [-0.39, 0.29) is 11.3 Å². The van der Waals surface area contributed by atoms with E-state index in [4.69, 9.17) is 0 Å². The molecule has 0 aromatic carbocycles. The third-order valence-electron chi connectivity index (χ3n) is 11.1. The second-order valence-electron chi connectivity index (χ2n) is 12.6. The van der Waals surface area contributed by atoms with Crippen molar-refractivity contribution in [1.82, 2.24) is 0 Å². The molecular formula is C29H46O2. The van der Waals surface area contributed by atoms with Crippen LogP contribution in [0.3, 0.4) is 0 Å². The fourth-order valence-corrected chi connectivity index (χ4v) is 8.82. The van der Waals surface area contributed by atoms with E-state index in [2.05, 4.69) is 41.2 Å². The molecule has 0 heterocycles. The molecule has 1 N–H and O–H groups in total. The van der Waals surface area contributed by atoms with Gasteiger partial charge >= 0.3 is 0 Å². The number of rotatable bonds is 6. The van der Waals surface area contributed by atoms with Crippen molar-refractivity contribution in [3.8, 4) is 0 Å². The molecule has 2 heteroatoms. The van der Waals surface area contributed by atoms with Crippen molar-refractivity contribution in [2.24, 2.45) is 46.3 Å². The van der Waals surface area contributed by atoms with Gasteiger partial charge < -0.3 is 5.11 Å². The summed E-state index contributed by atoms with van der Waals surface area (Å²) in [7, 11) is 0. The molecule has 0 radical (unpaired) electrons. The minimum atomic E-state index is -0.732. The summed E-state index contributed by atoms with van der Waals surface area (Å²) in [6, 6.07) is 0. The van der Waals surface area contributed by atoms with Crippen LogP contribution in [-0.4, -0.2) is 16.5 Å². The van der Waals surface area contributed by atoms with Crippen LogP contribution in [0.5, 0.6) is 0 Å². The molecule has 0 bridgehead atoms. The van der Waals surface area contributed by atoms with Crippen LogP contribution < -0.4 is 0 Å². The Hall–Kier alpha value is -0.890. The van der Waals surface area contributed by atoms with Crippen LogP contribution in [0.15, 0.2) is 24.3 Å². The highest BCUT2D eigenvalue weighted by atomic mass is 16.3. The van der Waals surface area contributed by atoms with Gasteiger partial charge in [0.25, 0.3) is 0 Å². The van der Waals surface area contributed by atoms with Crippen LogP contribution in [-0.2, 0) is 4.79 Å². The van der Waals surface area contributed by atoms with Gasteiger partial charge in [-0.25, -0.2) is 0 Å². The van der Waals surface area contributed by atoms with Crippen molar-refractivity contribution >= 4 is 5.78 Å². The van der Waals surface area contributed by atoms with Gasteiger partial charge in [-0.15, -0.1) is 6.58 Å². The number of fused-ring (bicyclic) bond motifs is 5. The molecule has 0 aromatic heterocycles. The normalized spacial score (nSPS) is 42.8. The molecule has 0 aliphatic heterocycles. The lowest BCUT2D eigenvalue weighted by molar-refractivity contribution is -0.117. The molecule has 2 nitrogen and oxygen atoms in total. The molecule has 4 aliphatic rings. The minimum Gasteiger partial charge on any atom is -0.386 e. The van der Waals surface area contributed by atoms with Gasteiger partial charge in [-0.3, -0.25) is 4.79 Å². The quantitative estimate of drug-likeness (QED) is 0.459. The average Bonchev–Trinajstić information content (AvgIpc) is 3.09. The maximum Gasteiger partial charge on any atom is 0.155 e. The summed E-state index contributed by atoms with van der Waals surface area (Å²) >= 11 is 0. The fraction of sp³-hybridized carbons (Fsp3) is 0.828. The highest BCUT2D eigenvalue weighted by Gasteiger charge is 2.59. The maximum atomic E-state index is 12.1. The minimum absolute atomic E-state index is 0.215. The average molecular weight is 427 g/mol. The van der Waals surface area contributed by atoms with E-state index in [1.807, 2.05) is 6.08 Å². The molecular weight excluding hydrogens is 380 g/mol. The van der Waals surface area contributed by atoms with Gasteiger partial charge in [0.15, 0.2) is 5.78 Å². The van der Waals surface area contributed by atoms with Crippen molar-refractivity contribution < 1.29 is 9.90 Å². The zero-order valence-corrected chi connectivity index (χ0v) is 20.8. The van der Waals surface area contributed by atoms with E-state index in [1.165, 1.54) is 37.7 Å². The largest absolute Gasteiger partial charge is 0.386 e. The Labute approximate surface area is 191 Å². The number of ketones is 1. The molecule has 3 fully saturated rings. The molecule has 4 rings (SSSR count). The molecule has 174 valence electrons. The Balaban J connectivity index is 1.49. The number of aliphatic hydroxyl groups is 1. The first-order chi connectivity index (χ1) is 14.5. The predicted molar refractivity (Wildman–Crippen MR) is 129 cm³/mol. The zero-order chi connectivity index (χ0) is 22.6. The van der Waals surface area contributed by atoms with Crippen molar-refractivity contribution in [2.45, 2.75) is 104 Å². The maximum absolute atomic E-state index is 12.1. The Morgan fingerprint density at radius 2 is 1.87 bits per heavy atom. The van der Waals surface area contributed by atoms with Gasteiger partial charge in [0.05, 0.1) is 5.60 Å². The van der Waals surface area contributed by atoms with Gasteiger partial charge in [-0.2, -0.15) is 0 Å². The second-order valence-corrected chi connectivity index (χ2v) is 12.6. The zero-order valence-electron chi connectivity index (χ0n) is 20.8. The molecule has 0 saturated heterocycles. The van der Waals surface area contributed by atoms with Gasteiger partial charge in [-0.05, 0) is 110 Å². The lowest BCUT2D eigenvalue weighted by atomic mass is 9.46. The second kappa shape index (κ2) is 8.15. The highest BCUT2D eigenvalue weighted by molar-refractivity contribution is 5.91. The smallest absolute Gasteiger partial charge is 0.155 e. The van der Waals surface area contributed by atoms with Crippen molar-refractivity contribution in [3.63, 3.8) is 0 Å². The lowest BCUT2D eigenvalue weighted by Crippen LogP contribution is -2.51. The number of hydrogen-bond donors (Lipinski definition) is 1.